The Kier molecular flexibility index (Phi) is 6.52. The van der Waals surface area contributed by atoms with Gasteiger partial charge in [0.05, 0.1) is 16.0 Å². The van der Waals surface area contributed by atoms with E-state index in [0.717, 1.165) is 6.42 Å². The molecule has 0 unspecified atom stereocenters. The van der Waals surface area contributed by atoms with E-state index in [1.165, 1.54) is 6.07 Å². The molecule has 0 fully saturated rings. The number of nitrogens with zero attached hydrogens (tertiary/aromatic N) is 2. The van der Waals surface area contributed by atoms with Crippen LogP contribution in [0.2, 0.25) is 0 Å². The van der Waals surface area contributed by atoms with E-state index in [1.807, 2.05) is 13.8 Å². The van der Waals surface area contributed by atoms with Gasteiger partial charge in [-0.3, -0.25) is 19.7 Å². The topological polar surface area (TPSA) is 102 Å². The molecular weight excluding hydrogens is 410 g/mol. The van der Waals surface area contributed by atoms with Crippen LogP contribution in [0.25, 0.3) is 0 Å². The van der Waals surface area contributed by atoms with Crippen LogP contribution in [0.15, 0.2) is 36.4 Å². The zero-order chi connectivity index (χ0) is 23.6. The van der Waals surface area contributed by atoms with Crippen LogP contribution >= 0.6 is 0 Å². The van der Waals surface area contributed by atoms with Crippen molar-refractivity contribution in [1.82, 2.24) is 0 Å². The summed E-state index contributed by atoms with van der Waals surface area (Å²) in [4.78, 5) is 38.4. The third kappa shape index (κ3) is 4.90. The standard InChI is InChI=1S/C24H29N3O5/c1-15(2)10-11-26-20-13-18(8-9-21(20)32-14-24(4,5)23(26)29)25-22(28)17-7-6-16(3)19(12-17)27(30)31/h6-9,12-13,15H,10-11,14H2,1-5H3,(H,25,28). The number of ether oxygens (including phenoxy) is 1. The van der Waals surface area contributed by atoms with Gasteiger partial charge in [-0.2, -0.15) is 0 Å². The lowest BCUT2D eigenvalue weighted by Crippen LogP contribution is -2.42. The average Bonchev–Trinajstić information content (AvgIpc) is 2.81. The Labute approximate surface area is 187 Å². The number of carbonyl (C=O) groups excluding carboxylic acids is 2. The SMILES string of the molecule is Cc1ccc(C(=O)Nc2ccc3c(c2)N(CCC(C)C)C(=O)C(C)(C)CO3)cc1[N+](=O)[O-]. The van der Waals surface area contributed by atoms with Crippen LogP contribution in [0.1, 0.15) is 50.0 Å². The maximum absolute atomic E-state index is 13.2. The third-order valence-corrected chi connectivity index (χ3v) is 5.52. The predicted molar refractivity (Wildman–Crippen MR) is 123 cm³/mol. The van der Waals surface area contributed by atoms with Crippen molar-refractivity contribution in [1.29, 1.82) is 0 Å². The smallest absolute Gasteiger partial charge is 0.273 e. The number of nitro benzene ring substituents is 1. The summed E-state index contributed by atoms with van der Waals surface area (Å²) in [6, 6.07) is 9.51. The lowest BCUT2D eigenvalue weighted by atomic mass is 9.92. The van der Waals surface area contributed by atoms with Gasteiger partial charge in [-0.1, -0.05) is 19.9 Å². The Morgan fingerprint density at radius 2 is 1.97 bits per heavy atom. The predicted octanol–water partition coefficient (Wildman–Crippen LogP) is 4.95. The van der Waals surface area contributed by atoms with Gasteiger partial charge in [-0.25, -0.2) is 0 Å². The summed E-state index contributed by atoms with van der Waals surface area (Å²) in [6.45, 7) is 10.3. The number of hydrogen-bond donors (Lipinski definition) is 1. The first-order valence-corrected chi connectivity index (χ1v) is 10.6. The molecular formula is C24H29N3O5. The lowest BCUT2D eigenvalue weighted by molar-refractivity contribution is -0.385. The molecule has 0 radical (unpaired) electrons. The highest BCUT2D eigenvalue weighted by molar-refractivity contribution is 6.06. The highest BCUT2D eigenvalue weighted by atomic mass is 16.6. The minimum atomic E-state index is -0.680. The number of anilines is 2. The normalized spacial score (nSPS) is 15.1. The molecule has 1 N–H and O–H groups in total. The monoisotopic (exact) mass is 439 g/mol. The fourth-order valence-electron chi connectivity index (χ4n) is 3.48. The number of aryl methyl sites for hydroxylation is 1. The molecule has 3 rings (SSSR count). The Bertz CT molecular complexity index is 1060. The van der Waals surface area contributed by atoms with Gasteiger partial charge in [0.15, 0.2) is 0 Å². The van der Waals surface area contributed by atoms with Crippen LogP contribution in [-0.2, 0) is 4.79 Å². The fraction of sp³-hybridized carbons (Fsp3) is 0.417. The summed E-state index contributed by atoms with van der Waals surface area (Å²) in [7, 11) is 0. The van der Waals surface area contributed by atoms with Gasteiger partial charge in [0.2, 0.25) is 5.91 Å². The van der Waals surface area contributed by atoms with Crippen molar-refractivity contribution >= 4 is 28.9 Å². The summed E-state index contributed by atoms with van der Waals surface area (Å²) in [5, 5.41) is 14.0. The number of amides is 2. The quantitative estimate of drug-likeness (QED) is 0.507. The summed E-state index contributed by atoms with van der Waals surface area (Å²) in [6.07, 6.45) is 0.824. The van der Waals surface area contributed by atoms with E-state index in [-0.39, 0.29) is 23.8 Å². The van der Waals surface area contributed by atoms with E-state index in [9.17, 15) is 19.7 Å². The van der Waals surface area contributed by atoms with Gasteiger partial charge in [0, 0.05) is 29.4 Å². The second-order valence-electron chi connectivity index (χ2n) is 9.21. The molecule has 0 spiro atoms. The van der Waals surface area contributed by atoms with E-state index >= 15 is 0 Å². The van der Waals surface area contributed by atoms with Crippen molar-refractivity contribution in [2.24, 2.45) is 11.3 Å². The fourth-order valence-corrected chi connectivity index (χ4v) is 3.48. The molecule has 0 atom stereocenters. The molecule has 2 amide bonds. The van der Waals surface area contributed by atoms with Crippen LogP contribution in [-0.4, -0.2) is 29.9 Å². The van der Waals surface area contributed by atoms with E-state index in [1.54, 1.807) is 42.2 Å². The average molecular weight is 440 g/mol. The second kappa shape index (κ2) is 8.98. The highest BCUT2D eigenvalue weighted by Crippen LogP contribution is 2.38. The lowest BCUT2D eigenvalue weighted by Gasteiger charge is -2.28. The Balaban J connectivity index is 1.92. The van der Waals surface area contributed by atoms with Gasteiger partial charge < -0.3 is 15.0 Å². The Morgan fingerprint density at radius 3 is 2.62 bits per heavy atom. The number of hydrogen-bond acceptors (Lipinski definition) is 5. The maximum atomic E-state index is 13.2. The first-order valence-electron chi connectivity index (χ1n) is 10.6. The summed E-state index contributed by atoms with van der Waals surface area (Å²) >= 11 is 0. The van der Waals surface area contributed by atoms with Crippen molar-refractivity contribution in [3.8, 4) is 5.75 Å². The first-order chi connectivity index (χ1) is 15.0. The van der Waals surface area contributed by atoms with Crippen molar-refractivity contribution in [3.63, 3.8) is 0 Å². The van der Waals surface area contributed by atoms with Crippen LogP contribution in [0.4, 0.5) is 17.1 Å². The van der Waals surface area contributed by atoms with Gasteiger partial charge >= 0.3 is 0 Å². The molecule has 0 aromatic heterocycles. The second-order valence-corrected chi connectivity index (χ2v) is 9.21. The molecule has 170 valence electrons. The van der Waals surface area contributed by atoms with Gasteiger partial charge in [0.1, 0.15) is 12.4 Å². The summed E-state index contributed by atoms with van der Waals surface area (Å²) in [5.41, 5.74) is 0.954. The third-order valence-electron chi connectivity index (χ3n) is 5.52. The molecule has 1 aliphatic rings. The molecule has 8 nitrogen and oxygen atoms in total. The largest absolute Gasteiger partial charge is 0.490 e. The highest BCUT2D eigenvalue weighted by Gasteiger charge is 2.37. The van der Waals surface area contributed by atoms with Crippen LogP contribution in [0, 0.1) is 28.4 Å². The van der Waals surface area contributed by atoms with E-state index in [0.29, 0.717) is 35.2 Å². The number of nitrogens with one attached hydrogen (secondary N) is 1. The zero-order valence-corrected chi connectivity index (χ0v) is 19.1. The molecule has 1 aliphatic heterocycles. The number of benzene rings is 2. The molecule has 2 aromatic rings. The maximum Gasteiger partial charge on any atom is 0.273 e. The number of fused-ring (bicyclic) bond motifs is 1. The Hall–Kier alpha value is -3.42. The molecule has 1 heterocycles. The van der Waals surface area contributed by atoms with Gasteiger partial charge in [-0.05, 0) is 57.4 Å². The molecule has 32 heavy (non-hydrogen) atoms. The van der Waals surface area contributed by atoms with Crippen molar-refractivity contribution in [2.45, 2.75) is 41.0 Å². The minimum Gasteiger partial charge on any atom is -0.490 e. The molecule has 8 heteroatoms. The Morgan fingerprint density at radius 1 is 1.25 bits per heavy atom. The summed E-state index contributed by atoms with van der Waals surface area (Å²) in [5.74, 6) is 0.493. The van der Waals surface area contributed by atoms with E-state index in [2.05, 4.69) is 19.2 Å². The molecule has 0 saturated carbocycles. The van der Waals surface area contributed by atoms with Crippen molar-refractivity contribution < 1.29 is 19.2 Å². The zero-order valence-electron chi connectivity index (χ0n) is 19.1. The van der Waals surface area contributed by atoms with E-state index in [4.69, 9.17) is 4.74 Å². The van der Waals surface area contributed by atoms with Crippen LogP contribution in [0.5, 0.6) is 5.75 Å². The van der Waals surface area contributed by atoms with Crippen molar-refractivity contribution in [3.05, 3.63) is 57.6 Å². The number of rotatable bonds is 6. The van der Waals surface area contributed by atoms with E-state index < -0.39 is 16.2 Å². The minimum absolute atomic E-state index is 0.0328. The van der Waals surface area contributed by atoms with Crippen molar-refractivity contribution in [2.75, 3.05) is 23.4 Å². The molecule has 2 aromatic carbocycles. The molecule has 0 aliphatic carbocycles. The molecule has 0 bridgehead atoms. The van der Waals surface area contributed by atoms with Gasteiger partial charge in [-0.15, -0.1) is 0 Å². The first kappa shape index (κ1) is 23.2. The molecule has 0 saturated heterocycles. The van der Waals surface area contributed by atoms with Crippen LogP contribution in [0.3, 0.4) is 0 Å². The summed E-state index contributed by atoms with van der Waals surface area (Å²) < 4.78 is 5.92. The van der Waals surface area contributed by atoms with Gasteiger partial charge in [0.25, 0.3) is 11.6 Å². The van der Waals surface area contributed by atoms with Crippen LogP contribution < -0.4 is 15.0 Å². The number of carbonyl (C=O) groups is 2. The number of nitro groups is 1.